The molecule has 3 heteroatoms. The summed E-state index contributed by atoms with van der Waals surface area (Å²) in [4.78, 5) is 0. The van der Waals surface area contributed by atoms with Crippen molar-refractivity contribution in [2.24, 2.45) is 0 Å². The summed E-state index contributed by atoms with van der Waals surface area (Å²) >= 11 is 0. The molecule has 0 aliphatic heterocycles. The first-order valence-electron chi connectivity index (χ1n) is 5.65. The van der Waals surface area contributed by atoms with Crippen LogP contribution in [0, 0.1) is 12.3 Å². The second-order valence-electron chi connectivity index (χ2n) is 3.68. The summed E-state index contributed by atoms with van der Waals surface area (Å²) in [6.07, 6.45) is 5.73. The lowest BCUT2D eigenvalue weighted by molar-refractivity contribution is 0.183. The zero-order valence-corrected chi connectivity index (χ0v) is 10.3. The third-order valence-electron chi connectivity index (χ3n) is 2.35. The molecule has 0 fully saturated rings. The van der Waals surface area contributed by atoms with E-state index in [9.17, 15) is 5.11 Å². The summed E-state index contributed by atoms with van der Waals surface area (Å²) < 4.78 is 10.7. The quantitative estimate of drug-likeness (QED) is 0.769. The molecule has 1 aromatic rings. The molecule has 17 heavy (non-hydrogen) atoms. The maximum atomic E-state index is 9.77. The van der Waals surface area contributed by atoms with Crippen LogP contribution < -0.4 is 9.47 Å². The van der Waals surface area contributed by atoms with Gasteiger partial charge in [0.1, 0.15) is 0 Å². The Kier molecular flexibility index (Phi) is 5.38. The van der Waals surface area contributed by atoms with Gasteiger partial charge in [0.25, 0.3) is 0 Å². The summed E-state index contributed by atoms with van der Waals surface area (Å²) in [5.74, 6) is 3.73. The fourth-order valence-electron chi connectivity index (χ4n) is 1.45. The van der Waals surface area contributed by atoms with Gasteiger partial charge in [0.05, 0.1) is 19.8 Å². The van der Waals surface area contributed by atoms with Crippen LogP contribution in [0.5, 0.6) is 11.5 Å². The Morgan fingerprint density at radius 1 is 1.41 bits per heavy atom. The fourth-order valence-corrected chi connectivity index (χ4v) is 1.45. The Balaban J connectivity index is 2.88. The molecule has 0 aliphatic rings. The van der Waals surface area contributed by atoms with Crippen molar-refractivity contribution >= 4 is 0 Å². The lowest BCUT2D eigenvalue weighted by atomic mass is 10.1. The molecule has 0 heterocycles. The number of rotatable bonds is 6. The molecule has 0 saturated carbocycles. The number of hydrogen-bond donors (Lipinski definition) is 1. The van der Waals surface area contributed by atoms with Crippen LogP contribution in [0.25, 0.3) is 0 Å². The largest absolute Gasteiger partial charge is 0.493 e. The highest BCUT2D eigenvalue weighted by molar-refractivity contribution is 5.43. The third-order valence-corrected chi connectivity index (χ3v) is 2.35. The Bertz CT molecular complexity index is 393. The van der Waals surface area contributed by atoms with Gasteiger partial charge in [0.2, 0.25) is 0 Å². The van der Waals surface area contributed by atoms with Gasteiger partial charge in [-0.25, -0.2) is 0 Å². The number of methoxy groups -OCH3 is 1. The molecular formula is C14H18O3. The van der Waals surface area contributed by atoms with Crippen LogP contribution in [0.1, 0.15) is 31.4 Å². The number of ether oxygens (including phenoxy) is 2. The van der Waals surface area contributed by atoms with Crippen molar-refractivity contribution in [3.8, 4) is 23.8 Å². The van der Waals surface area contributed by atoms with E-state index in [1.54, 1.807) is 25.3 Å². The maximum Gasteiger partial charge on any atom is 0.161 e. The average molecular weight is 234 g/mol. The molecule has 1 unspecified atom stereocenters. The van der Waals surface area contributed by atoms with E-state index in [1.807, 2.05) is 6.92 Å². The molecule has 0 aromatic heterocycles. The number of aliphatic hydroxyl groups is 1. The molecule has 1 rings (SSSR count). The third kappa shape index (κ3) is 3.69. The van der Waals surface area contributed by atoms with E-state index in [1.165, 1.54) is 0 Å². The molecular weight excluding hydrogens is 216 g/mol. The first kappa shape index (κ1) is 13.4. The Morgan fingerprint density at radius 3 is 2.76 bits per heavy atom. The highest BCUT2D eigenvalue weighted by atomic mass is 16.5. The zero-order valence-electron chi connectivity index (χ0n) is 10.3. The van der Waals surface area contributed by atoms with Crippen molar-refractivity contribution in [3.05, 3.63) is 23.8 Å². The maximum absolute atomic E-state index is 9.77. The van der Waals surface area contributed by atoms with Gasteiger partial charge in [-0.3, -0.25) is 0 Å². The second-order valence-corrected chi connectivity index (χ2v) is 3.68. The minimum Gasteiger partial charge on any atom is -0.493 e. The normalized spacial score (nSPS) is 11.6. The number of aliphatic hydroxyl groups excluding tert-OH is 1. The molecule has 1 aromatic carbocycles. The van der Waals surface area contributed by atoms with E-state index >= 15 is 0 Å². The highest BCUT2D eigenvalue weighted by Gasteiger charge is 2.10. The van der Waals surface area contributed by atoms with Crippen LogP contribution in [0.2, 0.25) is 0 Å². The molecule has 0 amide bonds. The molecule has 1 N–H and O–H groups in total. The van der Waals surface area contributed by atoms with Crippen LogP contribution in [0.4, 0.5) is 0 Å². The van der Waals surface area contributed by atoms with Gasteiger partial charge in [0.15, 0.2) is 11.5 Å². The Hall–Kier alpha value is -1.66. The van der Waals surface area contributed by atoms with Crippen molar-refractivity contribution < 1.29 is 14.6 Å². The minimum absolute atomic E-state index is 0.290. The summed E-state index contributed by atoms with van der Waals surface area (Å²) in [7, 11) is 1.57. The number of hydrogen-bond acceptors (Lipinski definition) is 3. The fraction of sp³-hybridized carbons (Fsp3) is 0.429. The van der Waals surface area contributed by atoms with E-state index in [2.05, 4.69) is 5.92 Å². The molecule has 0 spiro atoms. The lowest BCUT2D eigenvalue weighted by Crippen LogP contribution is -2.01. The van der Waals surface area contributed by atoms with Gasteiger partial charge in [-0.2, -0.15) is 0 Å². The average Bonchev–Trinajstić information content (AvgIpc) is 2.36. The van der Waals surface area contributed by atoms with E-state index in [-0.39, 0.29) is 6.42 Å². The molecule has 0 bridgehead atoms. The SMILES string of the molecule is C#CCC(O)c1ccc(OCCC)c(OC)c1. The van der Waals surface area contributed by atoms with Crippen LogP contribution in [-0.4, -0.2) is 18.8 Å². The van der Waals surface area contributed by atoms with Gasteiger partial charge in [-0.05, 0) is 24.1 Å². The lowest BCUT2D eigenvalue weighted by Gasteiger charge is -2.13. The summed E-state index contributed by atoms with van der Waals surface area (Å²) in [5.41, 5.74) is 0.739. The summed E-state index contributed by atoms with van der Waals surface area (Å²) in [5, 5.41) is 9.77. The number of benzene rings is 1. The Morgan fingerprint density at radius 2 is 2.18 bits per heavy atom. The minimum atomic E-state index is -0.658. The molecule has 92 valence electrons. The topological polar surface area (TPSA) is 38.7 Å². The van der Waals surface area contributed by atoms with Crippen molar-refractivity contribution in [1.29, 1.82) is 0 Å². The molecule has 3 nitrogen and oxygen atoms in total. The predicted molar refractivity (Wildman–Crippen MR) is 67.2 cm³/mol. The predicted octanol–water partition coefficient (Wildman–Crippen LogP) is 2.54. The van der Waals surface area contributed by atoms with Crippen LogP contribution in [0.15, 0.2) is 18.2 Å². The standard InChI is InChI=1S/C14H18O3/c1-4-6-12(15)11-7-8-13(17-9-5-2)14(10-11)16-3/h1,7-8,10,12,15H,5-6,9H2,2-3H3. The highest BCUT2D eigenvalue weighted by Crippen LogP contribution is 2.31. The second kappa shape index (κ2) is 6.82. The smallest absolute Gasteiger partial charge is 0.161 e. The first-order valence-corrected chi connectivity index (χ1v) is 5.65. The van der Waals surface area contributed by atoms with Crippen LogP contribution >= 0.6 is 0 Å². The first-order chi connectivity index (χ1) is 8.22. The summed E-state index contributed by atoms with van der Waals surface area (Å²) in [6.45, 7) is 2.68. The van der Waals surface area contributed by atoms with Crippen LogP contribution in [0.3, 0.4) is 0 Å². The molecule has 0 radical (unpaired) electrons. The van der Waals surface area contributed by atoms with E-state index in [0.29, 0.717) is 18.1 Å². The van der Waals surface area contributed by atoms with Crippen molar-refractivity contribution in [2.45, 2.75) is 25.9 Å². The molecule has 1 atom stereocenters. The number of terminal acetylenes is 1. The Labute approximate surface area is 102 Å². The van der Waals surface area contributed by atoms with Crippen molar-refractivity contribution in [1.82, 2.24) is 0 Å². The van der Waals surface area contributed by atoms with Gasteiger partial charge in [-0.15, -0.1) is 12.3 Å². The molecule has 0 saturated heterocycles. The van der Waals surface area contributed by atoms with Gasteiger partial charge >= 0.3 is 0 Å². The van der Waals surface area contributed by atoms with E-state index in [0.717, 1.165) is 12.0 Å². The van der Waals surface area contributed by atoms with Crippen LogP contribution in [-0.2, 0) is 0 Å². The monoisotopic (exact) mass is 234 g/mol. The molecule has 0 aliphatic carbocycles. The zero-order chi connectivity index (χ0) is 12.7. The van der Waals surface area contributed by atoms with Gasteiger partial charge in [0, 0.05) is 6.42 Å². The summed E-state index contributed by atoms with van der Waals surface area (Å²) in [6, 6.07) is 5.35. The van der Waals surface area contributed by atoms with Gasteiger partial charge in [-0.1, -0.05) is 13.0 Å². The van der Waals surface area contributed by atoms with E-state index in [4.69, 9.17) is 15.9 Å². The van der Waals surface area contributed by atoms with E-state index < -0.39 is 6.10 Å². The van der Waals surface area contributed by atoms with Gasteiger partial charge < -0.3 is 14.6 Å². The van der Waals surface area contributed by atoms with Crippen molar-refractivity contribution in [3.63, 3.8) is 0 Å². The van der Waals surface area contributed by atoms with Crippen molar-refractivity contribution in [2.75, 3.05) is 13.7 Å².